The molecule has 0 atom stereocenters. The van der Waals surface area contributed by atoms with Crippen LogP contribution in [0, 0.1) is 0 Å². The van der Waals surface area contributed by atoms with Gasteiger partial charge in [-0.15, -0.1) is 0 Å². The minimum atomic E-state index is -0.282. The van der Waals surface area contributed by atoms with Crippen molar-refractivity contribution in [1.29, 1.82) is 0 Å². The number of phenolic OH excluding ortho intramolecular Hbond substituents is 2. The molecule has 1 aromatic heterocycles. The molecule has 0 spiro atoms. The van der Waals surface area contributed by atoms with Crippen LogP contribution in [0.4, 0.5) is 0 Å². The second-order valence-corrected chi connectivity index (χ2v) is 6.48. The highest BCUT2D eigenvalue weighted by molar-refractivity contribution is 5.83. The van der Waals surface area contributed by atoms with E-state index in [0.717, 1.165) is 0 Å². The topological polar surface area (TPSA) is 62.5 Å². The molecule has 0 saturated heterocycles. The summed E-state index contributed by atoms with van der Waals surface area (Å²) in [5.74, 6) is -0.481. The quantitative estimate of drug-likeness (QED) is 0.785. The smallest absolute Gasteiger partial charge is 0.193 e. The second kappa shape index (κ2) is 4.54. The van der Waals surface area contributed by atoms with Gasteiger partial charge < -0.3 is 14.8 Å². The lowest BCUT2D eigenvalue weighted by Crippen LogP contribution is -2.25. The molecule has 0 aliphatic heterocycles. The molecule has 0 bridgehead atoms. The summed E-state index contributed by atoms with van der Waals surface area (Å²) in [4.78, 5) is 12.6. The zero-order chi connectivity index (χ0) is 15.2. The lowest BCUT2D eigenvalue weighted by Gasteiger charge is -2.23. The van der Waals surface area contributed by atoms with Gasteiger partial charge in [-0.25, -0.2) is 0 Å². The number of hydrogen-bond acceptors (Lipinski definition) is 3. The van der Waals surface area contributed by atoms with Crippen molar-refractivity contribution in [3.05, 3.63) is 34.1 Å². The number of phenols is 2. The number of benzene rings is 1. The molecule has 0 aliphatic rings. The van der Waals surface area contributed by atoms with Gasteiger partial charge >= 0.3 is 0 Å². The Labute approximate surface area is 118 Å². The molecule has 1 aromatic carbocycles. The molecular formula is C16H21NO3. The number of pyridine rings is 1. The van der Waals surface area contributed by atoms with Gasteiger partial charge in [0.05, 0.1) is 5.52 Å². The highest BCUT2D eigenvalue weighted by Gasteiger charge is 2.22. The van der Waals surface area contributed by atoms with E-state index < -0.39 is 0 Å². The maximum atomic E-state index is 12.6. The van der Waals surface area contributed by atoms with Crippen LogP contribution in [-0.4, -0.2) is 14.8 Å². The van der Waals surface area contributed by atoms with Crippen molar-refractivity contribution >= 4 is 10.9 Å². The van der Waals surface area contributed by atoms with E-state index in [4.69, 9.17) is 0 Å². The maximum absolute atomic E-state index is 12.6. The van der Waals surface area contributed by atoms with Gasteiger partial charge in [0.2, 0.25) is 0 Å². The molecule has 2 rings (SSSR count). The first-order chi connectivity index (χ1) is 9.12. The minimum absolute atomic E-state index is 0.0975. The van der Waals surface area contributed by atoms with Crippen LogP contribution in [0.3, 0.4) is 0 Å². The summed E-state index contributed by atoms with van der Waals surface area (Å²) in [5, 5.41) is 19.8. The maximum Gasteiger partial charge on any atom is 0.193 e. The monoisotopic (exact) mass is 275 g/mol. The number of fused-ring (bicyclic) bond motifs is 1. The van der Waals surface area contributed by atoms with Crippen molar-refractivity contribution in [1.82, 2.24) is 4.57 Å². The predicted molar refractivity (Wildman–Crippen MR) is 80.6 cm³/mol. The largest absolute Gasteiger partial charge is 0.504 e. The molecule has 0 saturated carbocycles. The van der Waals surface area contributed by atoms with Crippen molar-refractivity contribution in [2.45, 2.75) is 46.1 Å². The van der Waals surface area contributed by atoms with E-state index in [0.29, 0.717) is 16.5 Å². The molecule has 4 nitrogen and oxygen atoms in total. The van der Waals surface area contributed by atoms with E-state index >= 15 is 0 Å². The van der Waals surface area contributed by atoms with Gasteiger partial charge in [0.15, 0.2) is 16.9 Å². The fourth-order valence-electron chi connectivity index (χ4n) is 2.34. The first kappa shape index (κ1) is 14.4. The summed E-state index contributed by atoms with van der Waals surface area (Å²) >= 11 is 0. The number of nitrogens with zero attached hydrogens (tertiary/aromatic N) is 1. The van der Waals surface area contributed by atoms with Crippen LogP contribution in [-0.2, 0) is 5.41 Å². The average Bonchev–Trinajstić information content (AvgIpc) is 2.30. The Morgan fingerprint density at radius 1 is 1.10 bits per heavy atom. The van der Waals surface area contributed by atoms with E-state index in [1.165, 1.54) is 12.1 Å². The number of aromatic hydroxyl groups is 2. The van der Waals surface area contributed by atoms with Crippen molar-refractivity contribution in [3.63, 3.8) is 0 Å². The van der Waals surface area contributed by atoms with Crippen LogP contribution < -0.4 is 5.43 Å². The van der Waals surface area contributed by atoms with Crippen molar-refractivity contribution in [2.75, 3.05) is 0 Å². The average molecular weight is 275 g/mol. The summed E-state index contributed by atoms with van der Waals surface area (Å²) < 4.78 is 1.95. The number of rotatable bonds is 1. The van der Waals surface area contributed by atoms with E-state index in [1.807, 2.05) is 45.4 Å². The minimum Gasteiger partial charge on any atom is -0.504 e. The Morgan fingerprint density at radius 2 is 1.65 bits per heavy atom. The van der Waals surface area contributed by atoms with E-state index in [2.05, 4.69) is 0 Å². The Bertz CT molecular complexity index is 721. The molecule has 0 aliphatic carbocycles. The summed E-state index contributed by atoms with van der Waals surface area (Å²) in [6.07, 6.45) is 1.85. The van der Waals surface area contributed by atoms with Gasteiger partial charge in [-0.05, 0) is 25.3 Å². The van der Waals surface area contributed by atoms with Crippen LogP contribution in [0.5, 0.6) is 11.5 Å². The first-order valence-electron chi connectivity index (χ1n) is 6.74. The van der Waals surface area contributed by atoms with Crippen molar-refractivity contribution < 1.29 is 10.2 Å². The number of hydrogen-bond donors (Lipinski definition) is 2. The summed E-state index contributed by atoms with van der Waals surface area (Å²) in [5.41, 5.74) is 0.951. The van der Waals surface area contributed by atoms with Crippen molar-refractivity contribution in [2.24, 2.45) is 0 Å². The molecule has 2 aromatic rings. The molecule has 4 heteroatoms. The third-order valence-corrected chi connectivity index (χ3v) is 3.49. The third kappa shape index (κ3) is 2.26. The Kier molecular flexibility index (Phi) is 3.28. The van der Waals surface area contributed by atoms with Gasteiger partial charge in [0.1, 0.15) is 0 Å². The highest BCUT2D eigenvalue weighted by Crippen LogP contribution is 2.31. The molecule has 0 amide bonds. The molecule has 20 heavy (non-hydrogen) atoms. The van der Waals surface area contributed by atoms with Crippen LogP contribution in [0.1, 0.15) is 46.2 Å². The molecule has 2 N–H and O–H groups in total. The third-order valence-electron chi connectivity index (χ3n) is 3.49. The van der Waals surface area contributed by atoms with Crippen LogP contribution in [0.15, 0.2) is 23.1 Å². The molecule has 1 heterocycles. The Morgan fingerprint density at radius 3 is 2.15 bits per heavy atom. The second-order valence-electron chi connectivity index (χ2n) is 6.48. The summed E-state index contributed by atoms with van der Waals surface area (Å²) in [7, 11) is 0. The van der Waals surface area contributed by atoms with E-state index in [1.54, 1.807) is 0 Å². The van der Waals surface area contributed by atoms with Gasteiger partial charge in [-0.2, -0.15) is 0 Å². The molecule has 0 unspecified atom stereocenters. The zero-order valence-corrected chi connectivity index (χ0v) is 12.6. The highest BCUT2D eigenvalue weighted by atomic mass is 16.3. The fourth-order valence-corrected chi connectivity index (χ4v) is 2.34. The van der Waals surface area contributed by atoms with Crippen LogP contribution in [0.25, 0.3) is 10.9 Å². The van der Waals surface area contributed by atoms with E-state index in [-0.39, 0.29) is 28.4 Å². The summed E-state index contributed by atoms with van der Waals surface area (Å²) in [6, 6.07) is 2.93. The number of aromatic nitrogens is 1. The molecular weight excluding hydrogens is 254 g/mol. The molecule has 0 fully saturated rings. The van der Waals surface area contributed by atoms with Gasteiger partial charge in [-0.3, -0.25) is 4.79 Å². The molecule has 108 valence electrons. The molecule has 0 radical (unpaired) electrons. The Balaban J connectivity index is 3.00. The van der Waals surface area contributed by atoms with Gasteiger partial charge in [0.25, 0.3) is 0 Å². The Hall–Kier alpha value is -1.97. The van der Waals surface area contributed by atoms with E-state index in [9.17, 15) is 15.0 Å². The first-order valence-corrected chi connectivity index (χ1v) is 6.74. The van der Waals surface area contributed by atoms with Crippen molar-refractivity contribution in [3.8, 4) is 11.5 Å². The zero-order valence-electron chi connectivity index (χ0n) is 12.6. The van der Waals surface area contributed by atoms with Gasteiger partial charge in [-0.1, -0.05) is 20.8 Å². The van der Waals surface area contributed by atoms with Gasteiger partial charge in [0, 0.05) is 29.3 Å². The SMILES string of the molecule is CC(C)n1cc(C(C)(C)C)c(=O)c2cc(O)c(O)cc21. The van der Waals surface area contributed by atoms with Crippen LogP contribution >= 0.6 is 0 Å². The standard InChI is InChI=1S/C16H21NO3/c1-9(2)17-8-11(16(3,4)5)15(20)10-6-13(18)14(19)7-12(10)17/h6-9,18-19H,1-5H3. The normalized spacial score (nSPS) is 12.3. The lowest BCUT2D eigenvalue weighted by atomic mass is 9.87. The lowest BCUT2D eigenvalue weighted by molar-refractivity contribution is 0.404. The predicted octanol–water partition coefficient (Wildman–Crippen LogP) is 3.29. The van der Waals surface area contributed by atoms with Crippen LogP contribution in [0.2, 0.25) is 0 Å². The fraction of sp³-hybridized carbons (Fsp3) is 0.438. The summed E-state index contributed by atoms with van der Waals surface area (Å²) in [6.45, 7) is 9.99.